The lowest BCUT2D eigenvalue weighted by atomic mass is 10.0. The Labute approximate surface area is 190 Å². The van der Waals surface area contributed by atoms with Gasteiger partial charge in [0.2, 0.25) is 0 Å². The average Bonchev–Trinajstić information content (AvgIpc) is 3.08. The zero-order chi connectivity index (χ0) is 22.5. The summed E-state index contributed by atoms with van der Waals surface area (Å²) in [6.45, 7) is 2.73. The van der Waals surface area contributed by atoms with E-state index >= 15 is 0 Å². The Bertz CT molecular complexity index is 1190. The number of thioether (sulfide) groups is 1. The van der Waals surface area contributed by atoms with Crippen LogP contribution in [-0.2, 0) is 4.79 Å². The third kappa shape index (κ3) is 4.43. The molecule has 1 heterocycles. The average molecular weight is 450 g/mol. The van der Waals surface area contributed by atoms with Crippen molar-refractivity contribution < 1.29 is 23.8 Å². The largest absolute Gasteiger partial charge is 0.493 e. The fourth-order valence-electron chi connectivity index (χ4n) is 3.51. The molecule has 7 heteroatoms. The third-order valence-electron chi connectivity index (χ3n) is 5.02. The van der Waals surface area contributed by atoms with E-state index in [1.54, 1.807) is 25.3 Å². The summed E-state index contributed by atoms with van der Waals surface area (Å²) in [5, 5.41) is 1.68. The highest BCUT2D eigenvalue weighted by Crippen LogP contribution is 2.37. The minimum Gasteiger partial charge on any atom is -0.493 e. The van der Waals surface area contributed by atoms with Gasteiger partial charge in [0.1, 0.15) is 12.4 Å². The molecule has 1 saturated heterocycles. The van der Waals surface area contributed by atoms with Crippen LogP contribution < -0.4 is 14.2 Å². The number of carbonyl (C=O) groups is 2. The molecule has 6 nitrogen and oxygen atoms in total. The van der Waals surface area contributed by atoms with E-state index < -0.39 is 0 Å². The summed E-state index contributed by atoms with van der Waals surface area (Å²) in [5.41, 5.74) is 0.792. The van der Waals surface area contributed by atoms with Gasteiger partial charge in [0.25, 0.3) is 11.1 Å². The Morgan fingerprint density at radius 3 is 2.44 bits per heavy atom. The van der Waals surface area contributed by atoms with Crippen LogP contribution in [0, 0.1) is 0 Å². The molecule has 164 valence electrons. The zero-order valence-electron chi connectivity index (χ0n) is 17.9. The highest BCUT2D eigenvalue weighted by molar-refractivity contribution is 8.18. The second-order valence-electron chi connectivity index (χ2n) is 6.96. The lowest BCUT2D eigenvalue weighted by Gasteiger charge is -2.14. The lowest BCUT2D eigenvalue weighted by Crippen LogP contribution is -2.32. The van der Waals surface area contributed by atoms with Gasteiger partial charge in [-0.25, -0.2) is 0 Å². The molecule has 0 unspecified atom stereocenters. The summed E-state index contributed by atoms with van der Waals surface area (Å²) >= 11 is 0.929. The number of hydrogen-bond donors (Lipinski definition) is 0. The van der Waals surface area contributed by atoms with Crippen molar-refractivity contribution in [2.75, 3.05) is 26.9 Å². The van der Waals surface area contributed by atoms with E-state index in [9.17, 15) is 9.59 Å². The van der Waals surface area contributed by atoms with E-state index in [1.807, 2.05) is 55.5 Å². The number of methoxy groups -OCH3 is 1. The number of nitrogens with zero attached hydrogens (tertiary/aromatic N) is 1. The van der Waals surface area contributed by atoms with Gasteiger partial charge in [-0.2, -0.15) is 0 Å². The smallest absolute Gasteiger partial charge is 0.293 e. The van der Waals surface area contributed by atoms with Crippen molar-refractivity contribution >= 4 is 39.8 Å². The molecule has 3 aromatic rings. The highest BCUT2D eigenvalue weighted by Gasteiger charge is 2.35. The van der Waals surface area contributed by atoms with E-state index in [0.717, 1.165) is 28.1 Å². The zero-order valence-corrected chi connectivity index (χ0v) is 18.7. The van der Waals surface area contributed by atoms with Crippen molar-refractivity contribution in [2.45, 2.75) is 6.92 Å². The molecule has 0 aromatic heterocycles. The van der Waals surface area contributed by atoms with Crippen LogP contribution in [0.3, 0.4) is 0 Å². The molecule has 1 aliphatic rings. The predicted octanol–water partition coefficient (Wildman–Crippen LogP) is 5.36. The second kappa shape index (κ2) is 9.78. The standard InChI is InChI=1S/C25H23NO5S/c1-3-30-20-13-12-17-8-4-5-9-18(17)19(20)16-23-24(27)26(25(28)32-23)14-15-31-22-11-7-6-10-21(22)29-2/h4-13,16H,3,14-15H2,1-2H3/b23-16-. The normalized spacial score (nSPS) is 14.9. The maximum absolute atomic E-state index is 13.0. The van der Waals surface area contributed by atoms with E-state index in [0.29, 0.717) is 28.8 Å². The second-order valence-corrected chi connectivity index (χ2v) is 7.96. The Morgan fingerprint density at radius 2 is 1.66 bits per heavy atom. The first-order valence-electron chi connectivity index (χ1n) is 10.3. The van der Waals surface area contributed by atoms with Gasteiger partial charge in [-0.3, -0.25) is 14.5 Å². The molecule has 2 amide bonds. The molecule has 4 rings (SSSR count). The van der Waals surface area contributed by atoms with Crippen LogP contribution in [0.1, 0.15) is 12.5 Å². The minimum absolute atomic E-state index is 0.147. The lowest BCUT2D eigenvalue weighted by molar-refractivity contribution is -0.123. The van der Waals surface area contributed by atoms with Gasteiger partial charge in [0.05, 0.1) is 25.2 Å². The van der Waals surface area contributed by atoms with Crippen LogP contribution in [0.15, 0.2) is 65.6 Å². The number of ether oxygens (including phenoxy) is 3. The molecule has 1 aliphatic heterocycles. The van der Waals surface area contributed by atoms with Gasteiger partial charge in [0.15, 0.2) is 11.5 Å². The monoisotopic (exact) mass is 449 g/mol. The first-order valence-corrected chi connectivity index (χ1v) is 11.1. The fourth-order valence-corrected chi connectivity index (χ4v) is 4.36. The fraction of sp³-hybridized carbons (Fsp3) is 0.200. The number of imide groups is 1. The molecule has 0 N–H and O–H groups in total. The van der Waals surface area contributed by atoms with E-state index in [4.69, 9.17) is 14.2 Å². The van der Waals surface area contributed by atoms with Crippen LogP contribution >= 0.6 is 11.8 Å². The molecule has 32 heavy (non-hydrogen) atoms. The van der Waals surface area contributed by atoms with Crippen molar-refractivity contribution in [1.29, 1.82) is 0 Å². The van der Waals surface area contributed by atoms with Crippen LogP contribution in [0.2, 0.25) is 0 Å². The van der Waals surface area contributed by atoms with Gasteiger partial charge < -0.3 is 14.2 Å². The van der Waals surface area contributed by atoms with E-state index in [1.165, 1.54) is 4.90 Å². The third-order valence-corrected chi connectivity index (χ3v) is 5.93. The molecular weight excluding hydrogens is 426 g/mol. The summed E-state index contributed by atoms with van der Waals surface area (Å²) in [5.74, 6) is 1.51. The van der Waals surface area contributed by atoms with Crippen molar-refractivity contribution in [1.82, 2.24) is 4.90 Å². The van der Waals surface area contributed by atoms with Gasteiger partial charge in [-0.15, -0.1) is 0 Å². The molecule has 1 fully saturated rings. The van der Waals surface area contributed by atoms with Gasteiger partial charge in [-0.1, -0.05) is 42.5 Å². The number of para-hydroxylation sites is 2. The summed E-state index contributed by atoms with van der Waals surface area (Å²) in [4.78, 5) is 27.1. The topological polar surface area (TPSA) is 65.1 Å². The first-order chi connectivity index (χ1) is 15.6. The quantitative estimate of drug-likeness (QED) is 0.431. The molecule has 3 aromatic carbocycles. The van der Waals surface area contributed by atoms with Crippen LogP contribution in [0.5, 0.6) is 17.2 Å². The number of rotatable bonds is 8. The number of hydrogen-bond acceptors (Lipinski definition) is 6. The Kier molecular flexibility index (Phi) is 6.66. The molecule has 0 saturated carbocycles. The van der Waals surface area contributed by atoms with E-state index in [2.05, 4.69) is 0 Å². The van der Waals surface area contributed by atoms with Crippen LogP contribution in [0.4, 0.5) is 4.79 Å². The highest BCUT2D eigenvalue weighted by atomic mass is 32.2. The predicted molar refractivity (Wildman–Crippen MR) is 126 cm³/mol. The summed E-state index contributed by atoms with van der Waals surface area (Å²) in [6, 6.07) is 19.0. The SMILES string of the molecule is CCOc1ccc2ccccc2c1/C=C1\SC(=O)N(CCOc2ccccc2OC)C1=O. The van der Waals surface area contributed by atoms with Gasteiger partial charge in [-0.05, 0) is 53.7 Å². The van der Waals surface area contributed by atoms with Crippen LogP contribution in [-0.4, -0.2) is 42.9 Å². The van der Waals surface area contributed by atoms with Gasteiger partial charge in [0, 0.05) is 5.56 Å². The van der Waals surface area contributed by atoms with Gasteiger partial charge >= 0.3 is 0 Å². The number of amides is 2. The molecule has 0 aliphatic carbocycles. The summed E-state index contributed by atoms with van der Waals surface area (Å²) in [6.07, 6.45) is 1.75. The minimum atomic E-state index is -0.334. The molecular formula is C25H23NO5S. The Morgan fingerprint density at radius 1 is 0.906 bits per heavy atom. The van der Waals surface area contributed by atoms with E-state index in [-0.39, 0.29) is 24.3 Å². The van der Waals surface area contributed by atoms with Crippen molar-refractivity contribution in [2.24, 2.45) is 0 Å². The Hall–Kier alpha value is -3.45. The molecule has 0 atom stereocenters. The number of benzene rings is 3. The summed E-state index contributed by atoms with van der Waals surface area (Å²) < 4.78 is 16.8. The summed E-state index contributed by atoms with van der Waals surface area (Å²) in [7, 11) is 1.56. The number of fused-ring (bicyclic) bond motifs is 1. The molecule has 0 spiro atoms. The van der Waals surface area contributed by atoms with Crippen molar-refractivity contribution in [3.05, 3.63) is 71.1 Å². The molecule has 0 radical (unpaired) electrons. The maximum Gasteiger partial charge on any atom is 0.293 e. The van der Waals surface area contributed by atoms with Crippen molar-refractivity contribution in [3.8, 4) is 17.2 Å². The molecule has 0 bridgehead atoms. The Balaban J connectivity index is 1.55. The van der Waals surface area contributed by atoms with Crippen LogP contribution in [0.25, 0.3) is 16.8 Å². The maximum atomic E-state index is 13.0. The first kappa shape index (κ1) is 21.8. The number of carbonyl (C=O) groups excluding carboxylic acids is 2. The van der Waals surface area contributed by atoms with Crippen molar-refractivity contribution in [3.63, 3.8) is 0 Å².